The molecule has 2 N–H and O–H groups in total. The number of ether oxygens (including phenoxy) is 2. The minimum atomic E-state index is -1.00. The predicted octanol–water partition coefficient (Wildman–Crippen LogP) is 2.37. The number of aryl methyl sites for hydroxylation is 1. The van der Waals surface area contributed by atoms with Crippen LogP contribution in [-0.4, -0.2) is 25.0 Å². The number of carbonyl (C=O) groups excluding carboxylic acids is 2. The van der Waals surface area contributed by atoms with E-state index in [-0.39, 0.29) is 11.3 Å². The van der Waals surface area contributed by atoms with Crippen molar-refractivity contribution in [1.29, 1.82) is 0 Å². The Labute approximate surface area is 144 Å². The average molecular weight is 346 g/mol. The lowest BCUT2D eigenvalue weighted by atomic mass is 10.1. The standard InChI is InChI=1S/C18H19FN2O4/c1-11-8-9-15(24-3)13(10-11)18(23)21-20-17(22)12(2)25-16-7-5-4-6-14(16)19/h4-10,12H,1-3H3,(H,20,22)(H,21,23)/t12-/m1/s1. The van der Waals surface area contributed by atoms with E-state index in [9.17, 15) is 14.0 Å². The molecule has 2 aromatic carbocycles. The van der Waals surface area contributed by atoms with Gasteiger partial charge in [-0.2, -0.15) is 0 Å². The Kier molecular flexibility index (Phi) is 5.94. The molecule has 0 aliphatic rings. The zero-order chi connectivity index (χ0) is 18.4. The second-order valence-corrected chi connectivity index (χ2v) is 5.34. The Balaban J connectivity index is 1.96. The Bertz CT molecular complexity index is 779. The van der Waals surface area contributed by atoms with Gasteiger partial charge in [0.05, 0.1) is 12.7 Å². The minimum Gasteiger partial charge on any atom is -0.496 e. The van der Waals surface area contributed by atoms with E-state index in [0.717, 1.165) is 5.56 Å². The van der Waals surface area contributed by atoms with Crippen LogP contribution < -0.4 is 20.3 Å². The van der Waals surface area contributed by atoms with E-state index < -0.39 is 23.7 Å². The second-order valence-electron chi connectivity index (χ2n) is 5.34. The van der Waals surface area contributed by atoms with E-state index in [1.807, 2.05) is 6.92 Å². The molecule has 132 valence electrons. The number of hydrogen-bond donors (Lipinski definition) is 2. The number of hydrazine groups is 1. The molecule has 0 saturated heterocycles. The summed E-state index contributed by atoms with van der Waals surface area (Å²) in [4.78, 5) is 24.2. The van der Waals surface area contributed by atoms with Gasteiger partial charge in [-0.05, 0) is 38.1 Å². The number of rotatable bonds is 5. The Morgan fingerprint density at radius 3 is 2.48 bits per heavy atom. The van der Waals surface area contributed by atoms with Crippen LogP contribution in [0.2, 0.25) is 0 Å². The molecular formula is C18H19FN2O4. The smallest absolute Gasteiger partial charge is 0.279 e. The summed E-state index contributed by atoms with van der Waals surface area (Å²) in [5.74, 6) is -1.39. The van der Waals surface area contributed by atoms with Gasteiger partial charge in [0.25, 0.3) is 11.8 Å². The second kappa shape index (κ2) is 8.14. The average Bonchev–Trinajstić information content (AvgIpc) is 2.61. The highest BCUT2D eigenvalue weighted by Gasteiger charge is 2.18. The first-order chi connectivity index (χ1) is 11.9. The van der Waals surface area contributed by atoms with Crippen molar-refractivity contribution in [2.24, 2.45) is 0 Å². The molecule has 6 nitrogen and oxygen atoms in total. The third-order valence-corrected chi connectivity index (χ3v) is 3.41. The van der Waals surface area contributed by atoms with Gasteiger partial charge in [-0.1, -0.05) is 23.8 Å². The van der Waals surface area contributed by atoms with Crippen molar-refractivity contribution in [2.45, 2.75) is 20.0 Å². The van der Waals surface area contributed by atoms with Gasteiger partial charge in [0.15, 0.2) is 17.7 Å². The van der Waals surface area contributed by atoms with Crippen LogP contribution in [0.5, 0.6) is 11.5 Å². The molecule has 0 aliphatic carbocycles. The zero-order valence-electron chi connectivity index (χ0n) is 14.1. The topological polar surface area (TPSA) is 76.7 Å². The summed E-state index contributed by atoms with van der Waals surface area (Å²) < 4.78 is 23.9. The fourth-order valence-corrected chi connectivity index (χ4v) is 2.07. The van der Waals surface area contributed by atoms with Gasteiger partial charge < -0.3 is 9.47 Å². The van der Waals surface area contributed by atoms with Crippen molar-refractivity contribution in [3.05, 3.63) is 59.4 Å². The molecule has 25 heavy (non-hydrogen) atoms. The van der Waals surface area contributed by atoms with Gasteiger partial charge in [0.1, 0.15) is 5.75 Å². The van der Waals surface area contributed by atoms with Crippen LogP contribution in [0.4, 0.5) is 4.39 Å². The third kappa shape index (κ3) is 4.69. The molecule has 0 aliphatic heterocycles. The molecule has 0 unspecified atom stereocenters. The fraction of sp³-hybridized carbons (Fsp3) is 0.222. The van der Waals surface area contributed by atoms with Gasteiger partial charge in [-0.3, -0.25) is 20.4 Å². The number of methoxy groups -OCH3 is 1. The van der Waals surface area contributed by atoms with Crippen LogP contribution in [0.25, 0.3) is 0 Å². The molecule has 0 fully saturated rings. The van der Waals surface area contributed by atoms with Crippen molar-refractivity contribution in [2.75, 3.05) is 7.11 Å². The fourth-order valence-electron chi connectivity index (χ4n) is 2.07. The van der Waals surface area contributed by atoms with Gasteiger partial charge in [0.2, 0.25) is 0 Å². The number of para-hydroxylation sites is 1. The lowest BCUT2D eigenvalue weighted by Crippen LogP contribution is -2.47. The normalized spacial score (nSPS) is 11.4. The van der Waals surface area contributed by atoms with Crippen LogP contribution >= 0.6 is 0 Å². The molecule has 0 aromatic heterocycles. The van der Waals surface area contributed by atoms with Gasteiger partial charge in [0, 0.05) is 0 Å². The van der Waals surface area contributed by atoms with E-state index in [1.165, 1.54) is 32.2 Å². The predicted molar refractivity (Wildman–Crippen MR) is 89.8 cm³/mol. The van der Waals surface area contributed by atoms with Crippen molar-refractivity contribution in [1.82, 2.24) is 10.9 Å². The number of nitrogens with one attached hydrogen (secondary N) is 2. The van der Waals surface area contributed by atoms with Gasteiger partial charge in [-0.25, -0.2) is 4.39 Å². The quantitative estimate of drug-likeness (QED) is 0.815. The molecule has 7 heteroatoms. The largest absolute Gasteiger partial charge is 0.496 e. The summed E-state index contributed by atoms with van der Waals surface area (Å²) in [6, 6.07) is 10.9. The molecule has 1 atom stereocenters. The molecule has 2 amide bonds. The van der Waals surface area contributed by atoms with Crippen LogP contribution in [0, 0.1) is 12.7 Å². The van der Waals surface area contributed by atoms with Crippen LogP contribution in [-0.2, 0) is 4.79 Å². The Morgan fingerprint density at radius 1 is 1.08 bits per heavy atom. The van der Waals surface area contributed by atoms with E-state index in [1.54, 1.807) is 24.3 Å². The molecule has 0 saturated carbocycles. The lowest BCUT2D eigenvalue weighted by Gasteiger charge is -2.16. The van der Waals surface area contributed by atoms with E-state index in [4.69, 9.17) is 9.47 Å². The SMILES string of the molecule is COc1ccc(C)cc1C(=O)NNC(=O)[C@@H](C)Oc1ccccc1F. The summed E-state index contributed by atoms with van der Waals surface area (Å²) in [6.07, 6.45) is -1.00. The van der Waals surface area contributed by atoms with Crippen molar-refractivity contribution in [3.8, 4) is 11.5 Å². The van der Waals surface area contributed by atoms with E-state index >= 15 is 0 Å². The van der Waals surface area contributed by atoms with Crippen LogP contribution in [0.3, 0.4) is 0 Å². The number of carbonyl (C=O) groups is 2. The molecule has 2 aromatic rings. The lowest BCUT2D eigenvalue weighted by molar-refractivity contribution is -0.128. The molecule has 0 radical (unpaired) electrons. The number of halogens is 1. The zero-order valence-corrected chi connectivity index (χ0v) is 14.1. The van der Waals surface area contributed by atoms with Gasteiger partial charge in [-0.15, -0.1) is 0 Å². The molecule has 0 heterocycles. The Hall–Kier alpha value is -3.09. The molecule has 2 rings (SSSR count). The summed E-state index contributed by atoms with van der Waals surface area (Å²) in [7, 11) is 1.45. The first-order valence-electron chi connectivity index (χ1n) is 7.58. The minimum absolute atomic E-state index is 0.0446. The maximum absolute atomic E-state index is 13.5. The monoisotopic (exact) mass is 346 g/mol. The molecule has 0 spiro atoms. The number of amides is 2. The first-order valence-corrected chi connectivity index (χ1v) is 7.58. The summed E-state index contributed by atoms with van der Waals surface area (Å²) in [6.45, 7) is 3.28. The summed E-state index contributed by atoms with van der Waals surface area (Å²) in [5, 5.41) is 0. The van der Waals surface area contributed by atoms with E-state index in [2.05, 4.69) is 10.9 Å². The van der Waals surface area contributed by atoms with Crippen LogP contribution in [0.15, 0.2) is 42.5 Å². The number of hydrogen-bond acceptors (Lipinski definition) is 4. The highest BCUT2D eigenvalue weighted by molar-refractivity contribution is 5.98. The highest BCUT2D eigenvalue weighted by Crippen LogP contribution is 2.19. The van der Waals surface area contributed by atoms with Gasteiger partial charge >= 0.3 is 0 Å². The van der Waals surface area contributed by atoms with Crippen LogP contribution in [0.1, 0.15) is 22.8 Å². The van der Waals surface area contributed by atoms with Crippen molar-refractivity contribution >= 4 is 11.8 Å². The third-order valence-electron chi connectivity index (χ3n) is 3.41. The summed E-state index contributed by atoms with van der Waals surface area (Å²) in [5.41, 5.74) is 5.69. The highest BCUT2D eigenvalue weighted by atomic mass is 19.1. The van der Waals surface area contributed by atoms with Crippen molar-refractivity contribution in [3.63, 3.8) is 0 Å². The maximum atomic E-state index is 13.5. The molecular weight excluding hydrogens is 327 g/mol. The number of benzene rings is 2. The maximum Gasteiger partial charge on any atom is 0.279 e. The first kappa shape index (κ1) is 18.3. The molecule has 0 bridgehead atoms. The van der Waals surface area contributed by atoms with E-state index in [0.29, 0.717) is 5.75 Å². The Morgan fingerprint density at radius 2 is 1.80 bits per heavy atom. The van der Waals surface area contributed by atoms with Crippen molar-refractivity contribution < 1.29 is 23.5 Å². The summed E-state index contributed by atoms with van der Waals surface area (Å²) >= 11 is 0.